The highest BCUT2D eigenvalue weighted by Crippen LogP contribution is 2.15. The van der Waals surface area contributed by atoms with Crippen LogP contribution in [0.15, 0.2) is 48.5 Å². The van der Waals surface area contributed by atoms with Gasteiger partial charge in [-0.05, 0) is 62.9 Å². The van der Waals surface area contributed by atoms with Gasteiger partial charge in [-0.25, -0.2) is 0 Å². The number of hydrogen-bond acceptors (Lipinski definition) is 4. The van der Waals surface area contributed by atoms with E-state index in [4.69, 9.17) is 10.00 Å². The molecule has 0 spiro atoms. The quantitative estimate of drug-likeness (QED) is 0.841. The van der Waals surface area contributed by atoms with E-state index in [-0.39, 0.29) is 11.9 Å². The molecule has 0 aliphatic heterocycles. The Bertz CT molecular complexity index is 733. The van der Waals surface area contributed by atoms with Gasteiger partial charge in [0.15, 0.2) is 0 Å². The molecule has 0 aromatic heterocycles. The number of amides is 1. The van der Waals surface area contributed by atoms with Crippen LogP contribution in [0.2, 0.25) is 0 Å². The topological polar surface area (TPSA) is 65.4 Å². The molecule has 25 heavy (non-hydrogen) atoms. The number of nitriles is 1. The summed E-state index contributed by atoms with van der Waals surface area (Å²) in [6.07, 6.45) is 0. The Morgan fingerprint density at radius 2 is 1.84 bits per heavy atom. The van der Waals surface area contributed by atoms with Crippen molar-refractivity contribution in [2.24, 2.45) is 0 Å². The van der Waals surface area contributed by atoms with Gasteiger partial charge in [-0.1, -0.05) is 12.1 Å². The van der Waals surface area contributed by atoms with Crippen molar-refractivity contribution >= 4 is 11.6 Å². The Morgan fingerprint density at radius 3 is 2.40 bits per heavy atom. The van der Waals surface area contributed by atoms with Crippen molar-refractivity contribution in [1.29, 1.82) is 5.26 Å². The molecule has 2 aromatic rings. The fourth-order valence-electron chi connectivity index (χ4n) is 2.36. The van der Waals surface area contributed by atoms with Crippen LogP contribution in [0, 0.1) is 11.3 Å². The maximum atomic E-state index is 12.4. The minimum absolute atomic E-state index is 0.0851. The first-order valence-electron chi connectivity index (χ1n) is 8.26. The first kappa shape index (κ1) is 18.5. The van der Waals surface area contributed by atoms with Crippen LogP contribution in [-0.2, 0) is 11.3 Å². The van der Waals surface area contributed by atoms with Crippen LogP contribution in [0.5, 0.6) is 5.75 Å². The van der Waals surface area contributed by atoms with E-state index in [0.29, 0.717) is 24.4 Å². The third-order valence-corrected chi connectivity index (χ3v) is 3.99. The normalized spacial score (nSPS) is 11.6. The minimum atomic E-state index is -0.290. The molecule has 2 rings (SSSR count). The van der Waals surface area contributed by atoms with Crippen LogP contribution in [0.4, 0.5) is 5.69 Å². The van der Waals surface area contributed by atoms with Crippen molar-refractivity contribution in [2.75, 3.05) is 19.0 Å². The predicted molar refractivity (Wildman–Crippen MR) is 98.3 cm³/mol. The highest BCUT2D eigenvalue weighted by atomic mass is 16.5. The molecule has 1 atom stereocenters. The molecule has 2 aromatic carbocycles. The fourth-order valence-corrected chi connectivity index (χ4v) is 2.36. The van der Waals surface area contributed by atoms with E-state index in [1.54, 1.807) is 24.3 Å². The Morgan fingerprint density at radius 1 is 1.20 bits per heavy atom. The van der Waals surface area contributed by atoms with E-state index in [9.17, 15) is 4.79 Å². The van der Waals surface area contributed by atoms with Gasteiger partial charge < -0.3 is 10.1 Å². The molecule has 5 nitrogen and oxygen atoms in total. The van der Waals surface area contributed by atoms with Crippen LogP contribution >= 0.6 is 0 Å². The lowest BCUT2D eigenvalue weighted by Crippen LogP contribution is -2.39. The van der Waals surface area contributed by atoms with Gasteiger partial charge in [-0.15, -0.1) is 0 Å². The van der Waals surface area contributed by atoms with Crippen molar-refractivity contribution in [3.8, 4) is 11.8 Å². The monoisotopic (exact) mass is 337 g/mol. The molecule has 1 amide bonds. The molecule has 0 aliphatic carbocycles. The Balaban J connectivity index is 1.92. The molecule has 0 aliphatic rings. The van der Waals surface area contributed by atoms with Crippen LogP contribution in [-0.4, -0.2) is 30.5 Å². The number of nitrogens with zero attached hydrogens (tertiary/aromatic N) is 2. The molecule has 1 N–H and O–H groups in total. The number of rotatable bonds is 7. The van der Waals surface area contributed by atoms with Crippen molar-refractivity contribution < 1.29 is 9.53 Å². The summed E-state index contributed by atoms with van der Waals surface area (Å²) >= 11 is 0. The minimum Gasteiger partial charge on any atom is -0.494 e. The molecule has 0 radical (unpaired) electrons. The summed E-state index contributed by atoms with van der Waals surface area (Å²) in [7, 11) is 1.92. The summed E-state index contributed by atoms with van der Waals surface area (Å²) in [6, 6.07) is 16.5. The molecule has 5 heteroatoms. The Hall–Kier alpha value is -2.84. The number of nitrogens with one attached hydrogen (secondary N) is 1. The summed E-state index contributed by atoms with van der Waals surface area (Å²) < 4.78 is 5.44. The van der Waals surface area contributed by atoms with Crippen LogP contribution in [0.25, 0.3) is 0 Å². The number of benzene rings is 2. The molecule has 0 saturated carbocycles. The second-order valence-corrected chi connectivity index (χ2v) is 5.85. The molecule has 0 saturated heterocycles. The SMILES string of the molecule is CCOc1ccc(CN(C)[C@@H](C)C(=O)Nc2ccc(C#N)cc2)cc1. The summed E-state index contributed by atoms with van der Waals surface area (Å²) in [5.74, 6) is 0.763. The van der Waals surface area contributed by atoms with Gasteiger partial charge in [0.25, 0.3) is 0 Å². The van der Waals surface area contributed by atoms with Crippen molar-refractivity contribution in [3.05, 3.63) is 59.7 Å². The largest absolute Gasteiger partial charge is 0.494 e. The van der Waals surface area contributed by atoms with Crippen molar-refractivity contribution in [2.45, 2.75) is 26.4 Å². The summed E-state index contributed by atoms with van der Waals surface area (Å²) in [5, 5.41) is 11.7. The second kappa shape index (κ2) is 8.86. The molecular weight excluding hydrogens is 314 g/mol. The zero-order valence-corrected chi connectivity index (χ0v) is 14.8. The lowest BCUT2D eigenvalue weighted by atomic mass is 10.1. The predicted octanol–water partition coefficient (Wildman–Crippen LogP) is 3.42. The number of carbonyl (C=O) groups excluding carboxylic acids is 1. The van der Waals surface area contributed by atoms with Gasteiger partial charge in [-0.2, -0.15) is 5.26 Å². The van der Waals surface area contributed by atoms with E-state index >= 15 is 0 Å². The maximum Gasteiger partial charge on any atom is 0.241 e. The zero-order valence-electron chi connectivity index (χ0n) is 14.8. The molecule has 0 unspecified atom stereocenters. The van der Waals surface area contributed by atoms with E-state index in [0.717, 1.165) is 11.3 Å². The standard InChI is InChI=1S/C20H23N3O2/c1-4-25-19-11-7-17(8-12-19)14-23(3)15(2)20(24)22-18-9-5-16(13-21)6-10-18/h5-12,15H,4,14H2,1-3H3,(H,22,24)/t15-/m0/s1. The summed E-state index contributed by atoms with van der Waals surface area (Å²) in [4.78, 5) is 14.4. The molecular formula is C20H23N3O2. The summed E-state index contributed by atoms with van der Waals surface area (Å²) in [6.45, 7) is 5.13. The van der Waals surface area contributed by atoms with E-state index in [1.165, 1.54) is 0 Å². The van der Waals surface area contributed by atoms with Crippen molar-refractivity contribution in [3.63, 3.8) is 0 Å². The summed E-state index contributed by atoms with van der Waals surface area (Å²) in [5.41, 5.74) is 2.37. The zero-order chi connectivity index (χ0) is 18.2. The van der Waals surface area contributed by atoms with Gasteiger partial charge in [0.2, 0.25) is 5.91 Å². The van der Waals surface area contributed by atoms with Gasteiger partial charge in [-0.3, -0.25) is 9.69 Å². The first-order chi connectivity index (χ1) is 12.0. The van der Waals surface area contributed by atoms with Crippen LogP contribution in [0.3, 0.4) is 0 Å². The lowest BCUT2D eigenvalue weighted by molar-refractivity contribution is -0.120. The number of anilines is 1. The van der Waals surface area contributed by atoms with Gasteiger partial charge in [0.1, 0.15) is 5.75 Å². The van der Waals surface area contributed by atoms with Crippen LogP contribution in [0.1, 0.15) is 25.0 Å². The molecule has 130 valence electrons. The van der Waals surface area contributed by atoms with Gasteiger partial charge in [0.05, 0.1) is 24.3 Å². The number of likely N-dealkylation sites (N-methyl/N-ethyl adjacent to an activating group) is 1. The van der Waals surface area contributed by atoms with Crippen LogP contribution < -0.4 is 10.1 Å². The average Bonchev–Trinajstić information content (AvgIpc) is 2.63. The fraction of sp³-hybridized carbons (Fsp3) is 0.300. The average molecular weight is 337 g/mol. The molecule has 0 fully saturated rings. The number of carbonyl (C=O) groups is 1. The van der Waals surface area contributed by atoms with E-state index < -0.39 is 0 Å². The third-order valence-electron chi connectivity index (χ3n) is 3.99. The Labute approximate surface area is 148 Å². The molecule has 0 bridgehead atoms. The van der Waals surface area contributed by atoms with Gasteiger partial charge >= 0.3 is 0 Å². The number of hydrogen-bond donors (Lipinski definition) is 1. The first-order valence-corrected chi connectivity index (χ1v) is 8.26. The van der Waals surface area contributed by atoms with Crippen molar-refractivity contribution in [1.82, 2.24) is 4.90 Å². The lowest BCUT2D eigenvalue weighted by Gasteiger charge is -2.24. The smallest absolute Gasteiger partial charge is 0.241 e. The molecule has 0 heterocycles. The van der Waals surface area contributed by atoms with E-state index in [2.05, 4.69) is 11.4 Å². The number of ether oxygens (including phenoxy) is 1. The second-order valence-electron chi connectivity index (χ2n) is 5.85. The maximum absolute atomic E-state index is 12.4. The third kappa shape index (κ3) is 5.33. The van der Waals surface area contributed by atoms with Gasteiger partial charge in [0, 0.05) is 12.2 Å². The van der Waals surface area contributed by atoms with E-state index in [1.807, 2.05) is 50.1 Å². The highest BCUT2D eigenvalue weighted by molar-refractivity contribution is 5.94. The highest BCUT2D eigenvalue weighted by Gasteiger charge is 2.18. The Kier molecular flexibility index (Phi) is 6.55.